The first-order valence-corrected chi connectivity index (χ1v) is 16.2. The predicted molar refractivity (Wildman–Crippen MR) is 165 cm³/mol. The molecule has 0 unspecified atom stereocenters. The van der Waals surface area contributed by atoms with Gasteiger partial charge in [-0.3, -0.25) is 0 Å². The van der Waals surface area contributed by atoms with Crippen LogP contribution in [0.15, 0.2) is 10.5 Å². The summed E-state index contributed by atoms with van der Waals surface area (Å²) >= 11 is 3.46. The summed E-state index contributed by atoms with van der Waals surface area (Å²) in [4.78, 5) is 28.4. The maximum absolute atomic E-state index is 15.7. The number of rotatable bonds is 8. The quantitative estimate of drug-likeness (QED) is 0.332. The van der Waals surface area contributed by atoms with Crippen molar-refractivity contribution >= 4 is 38.7 Å². The van der Waals surface area contributed by atoms with E-state index in [1.165, 1.54) is 0 Å². The van der Waals surface area contributed by atoms with Crippen LogP contribution in [0.3, 0.4) is 0 Å². The number of benzene rings is 1. The van der Waals surface area contributed by atoms with Gasteiger partial charge in [0.15, 0.2) is 5.82 Å². The van der Waals surface area contributed by atoms with E-state index in [0.717, 1.165) is 83.0 Å². The highest BCUT2D eigenvalue weighted by Gasteiger charge is 2.48. The predicted octanol–water partition coefficient (Wildman–Crippen LogP) is 5.81. The fourth-order valence-corrected chi connectivity index (χ4v) is 6.82. The highest BCUT2D eigenvalue weighted by Crippen LogP contribution is 2.43. The van der Waals surface area contributed by atoms with Crippen molar-refractivity contribution in [1.29, 1.82) is 0 Å². The average molecular weight is 651 g/mol. The van der Waals surface area contributed by atoms with Gasteiger partial charge in [0.1, 0.15) is 23.0 Å². The highest BCUT2D eigenvalue weighted by molar-refractivity contribution is 9.10. The van der Waals surface area contributed by atoms with Crippen LogP contribution < -0.4 is 9.64 Å². The molecule has 0 saturated carbocycles. The van der Waals surface area contributed by atoms with Crippen LogP contribution in [-0.4, -0.2) is 96.6 Å². The normalized spacial score (nSPS) is 19.8. The summed E-state index contributed by atoms with van der Waals surface area (Å²) in [6.45, 7) is 16.9. The summed E-state index contributed by atoms with van der Waals surface area (Å²) in [5, 5.41) is 0.714. The van der Waals surface area contributed by atoms with E-state index < -0.39 is 5.60 Å². The van der Waals surface area contributed by atoms with Crippen LogP contribution in [0.4, 0.5) is 15.0 Å². The first-order valence-electron chi connectivity index (χ1n) is 15.4. The standard InChI is InChI=1S/C31H45BrFN5O4/c1-6-21-18-23-26(25(33)24(21)32)34-28(41-22-8-12-36(13-9-22)16-17-40-7-2)35-27(23)37-14-10-31(11-15-37)19-38(20-31)29(39)42-30(3,4)5/h18,22H,6-17,19-20H2,1-5H3. The van der Waals surface area contributed by atoms with Crippen molar-refractivity contribution in [2.75, 3.05) is 63.9 Å². The van der Waals surface area contributed by atoms with E-state index in [1.807, 2.05) is 40.7 Å². The van der Waals surface area contributed by atoms with Crippen molar-refractivity contribution in [2.24, 2.45) is 5.41 Å². The van der Waals surface area contributed by atoms with E-state index in [0.29, 0.717) is 29.4 Å². The van der Waals surface area contributed by atoms with Gasteiger partial charge in [0.25, 0.3) is 0 Å². The minimum Gasteiger partial charge on any atom is -0.460 e. The molecule has 3 aliphatic rings. The molecule has 1 spiro atoms. The zero-order valence-corrected chi connectivity index (χ0v) is 27.3. The molecule has 3 fully saturated rings. The van der Waals surface area contributed by atoms with E-state index in [9.17, 15) is 4.79 Å². The fraction of sp³-hybridized carbons (Fsp3) is 0.710. The van der Waals surface area contributed by atoms with E-state index >= 15 is 4.39 Å². The Balaban J connectivity index is 1.31. The molecule has 42 heavy (non-hydrogen) atoms. The van der Waals surface area contributed by atoms with Gasteiger partial charge in [0, 0.05) is 63.2 Å². The lowest BCUT2D eigenvalue weighted by Crippen LogP contribution is -2.62. The van der Waals surface area contributed by atoms with Crippen LogP contribution in [0, 0.1) is 11.2 Å². The molecule has 5 rings (SSSR count). The molecular weight excluding hydrogens is 605 g/mol. The maximum atomic E-state index is 15.7. The van der Waals surface area contributed by atoms with Crippen LogP contribution in [0.25, 0.3) is 10.9 Å². The van der Waals surface area contributed by atoms with Crippen LogP contribution in [0.1, 0.15) is 65.9 Å². The minimum absolute atomic E-state index is 0.0153. The molecular formula is C31H45BrFN5O4. The number of piperidine rings is 2. The van der Waals surface area contributed by atoms with Gasteiger partial charge >= 0.3 is 12.1 Å². The highest BCUT2D eigenvalue weighted by atomic mass is 79.9. The third-order valence-electron chi connectivity index (χ3n) is 8.68. The summed E-state index contributed by atoms with van der Waals surface area (Å²) in [5.41, 5.74) is 0.764. The molecule has 0 radical (unpaired) electrons. The molecule has 4 heterocycles. The van der Waals surface area contributed by atoms with Crippen molar-refractivity contribution in [1.82, 2.24) is 19.8 Å². The second-order valence-corrected chi connectivity index (χ2v) is 13.7. The molecule has 9 nitrogen and oxygen atoms in total. The fourth-order valence-electron chi connectivity index (χ4n) is 6.24. The van der Waals surface area contributed by atoms with Gasteiger partial charge in [-0.05, 0) is 87.4 Å². The molecule has 2 aromatic rings. The molecule has 0 aliphatic carbocycles. The number of carbonyl (C=O) groups is 1. The summed E-state index contributed by atoms with van der Waals surface area (Å²) in [6, 6.07) is 2.25. The van der Waals surface area contributed by atoms with Crippen molar-refractivity contribution in [3.63, 3.8) is 0 Å². The van der Waals surface area contributed by atoms with Gasteiger partial charge in [0.05, 0.1) is 11.1 Å². The van der Waals surface area contributed by atoms with Crippen molar-refractivity contribution in [2.45, 2.75) is 78.4 Å². The molecule has 1 aromatic carbocycles. The lowest BCUT2D eigenvalue weighted by atomic mass is 9.72. The smallest absolute Gasteiger partial charge is 0.410 e. The number of carbonyl (C=O) groups excluding carboxylic acids is 1. The summed E-state index contributed by atoms with van der Waals surface area (Å²) in [5.74, 6) is 0.354. The molecule has 3 saturated heterocycles. The van der Waals surface area contributed by atoms with Crippen LogP contribution >= 0.6 is 15.9 Å². The van der Waals surface area contributed by atoms with E-state index in [2.05, 4.69) is 30.7 Å². The number of fused-ring (bicyclic) bond motifs is 1. The third-order valence-corrected chi connectivity index (χ3v) is 9.53. The van der Waals surface area contributed by atoms with Gasteiger partial charge in [-0.1, -0.05) is 6.92 Å². The number of ether oxygens (including phenoxy) is 3. The molecule has 232 valence electrons. The number of anilines is 1. The second-order valence-electron chi connectivity index (χ2n) is 12.9. The lowest BCUT2D eigenvalue weighted by molar-refractivity contribution is -0.0434. The topological polar surface area (TPSA) is 80.3 Å². The summed E-state index contributed by atoms with van der Waals surface area (Å²) in [6.07, 6.45) is 4.01. The number of aryl methyl sites for hydroxylation is 1. The Kier molecular flexibility index (Phi) is 9.49. The van der Waals surface area contributed by atoms with Crippen molar-refractivity contribution in [3.05, 3.63) is 21.9 Å². The number of hydrogen-bond acceptors (Lipinski definition) is 8. The molecule has 11 heteroatoms. The zero-order chi connectivity index (χ0) is 30.1. The molecule has 0 N–H and O–H groups in total. The summed E-state index contributed by atoms with van der Waals surface area (Å²) < 4.78 is 33.5. The van der Waals surface area contributed by atoms with Crippen molar-refractivity contribution in [3.8, 4) is 6.01 Å². The number of nitrogens with zero attached hydrogens (tertiary/aromatic N) is 5. The number of aromatic nitrogens is 2. The zero-order valence-electron chi connectivity index (χ0n) is 25.7. The first-order chi connectivity index (χ1) is 20.0. The first kappa shape index (κ1) is 31.2. The number of likely N-dealkylation sites (tertiary alicyclic amines) is 2. The SMILES string of the molecule is CCOCCN1CCC(Oc2nc(N3CCC4(CC3)CN(C(=O)OC(C)(C)C)C4)c3cc(CC)c(Br)c(F)c3n2)CC1. The monoisotopic (exact) mass is 649 g/mol. The van der Waals surface area contributed by atoms with Gasteiger partial charge < -0.3 is 28.9 Å². The Bertz CT molecular complexity index is 1260. The summed E-state index contributed by atoms with van der Waals surface area (Å²) in [7, 11) is 0. The Hall–Kier alpha value is -2.24. The molecule has 1 aromatic heterocycles. The van der Waals surface area contributed by atoms with Gasteiger partial charge in [-0.25, -0.2) is 9.18 Å². The Morgan fingerprint density at radius 2 is 1.81 bits per heavy atom. The van der Waals surface area contributed by atoms with E-state index in [4.69, 9.17) is 19.2 Å². The van der Waals surface area contributed by atoms with Crippen molar-refractivity contribution < 1.29 is 23.4 Å². The maximum Gasteiger partial charge on any atom is 0.410 e. The van der Waals surface area contributed by atoms with E-state index in [-0.39, 0.29) is 35.0 Å². The number of hydrogen-bond donors (Lipinski definition) is 0. The Morgan fingerprint density at radius 3 is 2.43 bits per heavy atom. The lowest BCUT2D eigenvalue weighted by Gasteiger charge is -2.53. The second kappa shape index (κ2) is 12.8. The molecule has 3 aliphatic heterocycles. The Morgan fingerprint density at radius 1 is 1.12 bits per heavy atom. The van der Waals surface area contributed by atoms with Gasteiger partial charge in [-0.15, -0.1) is 0 Å². The average Bonchev–Trinajstić information content (AvgIpc) is 2.94. The Labute approximate surface area is 257 Å². The minimum atomic E-state index is -0.501. The van der Waals surface area contributed by atoms with Gasteiger partial charge in [0.2, 0.25) is 0 Å². The van der Waals surface area contributed by atoms with Crippen LogP contribution in [0.5, 0.6) is 6.01 Å². The van der Waals surface area contributed by atoms with E-state index in [1.54, 1.807) is 4.90 Å². The van der Waals surface area contributed by atoms with Crippen LogP contribution in [-0.2, 0) is 15.9 Å². The number of amides is 1. The number of halogens is 2. The molecule has 0 bridgehead atoms. The molecule has 0 atom stereocenters. The largest absolute Gasteiger partial charge is 0.460 e. The third kappa shape index (κ3) is 6.94. The molecule has 1 amide bonds. The van der Waals surface area contributed by atoms with Gasteiger partial charge in [-0.2, -0.15) is 9.97 Å². The van der Waals surface area contributed by atoms with Crippen LogP contribution in [0.2, 0.25) is 0 Å².